The molecule has 1 unspecified atom stereocenters. The number of nitrogens with zero attached hydrogens (tertiary/aromatic N) is 2. The minimum atomic E-state index is -0.592. The Morgan fingerprint density at radius 2 is 2.06 bits per heavy atom. The summed E-state index contributed by atoms with van der Waals surface area (Å²) in [6.07, 6.45) is 1.57. The summed E-state index contributed by atoms with van der Waals surface area (Å²) in [6, 6.07) is 9.48. The predicted molar refractivity (Wildman–Crippen MR) is 63.4 cm³/mol. The lowest BCUT2D eigenvalue weighted by atomic mass is 10.1. The van der Waals surface area contributed by atoms with Crippen LogP contribution in [0.5, 0.6) is 0 Å². The van der Waals surface area contributed by atoms with Crippen LogP contribution in [0.3, 0.4) is 0 Å². The molecule has 2 aromatic rings. The van der Waals surface area contributed by atoms with Gasteiger partial charge in [-0.2, -0.15) is 4.98 Å². The van der Waals surface area contributed by atoms with Gasteiger partial charge in [0.05, 0.1) is 12.5 Å². The third-order valence-electron chi connectivity index (χ3n) is 2.54. The van der Waals surface area contributed by atoms with Crippen molar-refractivity contribution in [1.29, 1.82) is 0 Å². The third-order valence-corrected chi connectivity index (χ3v) is 2.54. The van der Waals surface area contributed by atoms with Gasteiger partial charge in [-0.3, -0.25) is 0 Å². The minimum absolute atomic E-state index is 0.362. The van der Waals surface area contributed by atoms with Crippen LogP contribution in [0.4, 0.5) is 0 Å². The van der Waals surface area contributed by atoms with Crippen molar-refractivity contribution in [3.63, 3.8) is 0 Å². The molecule has 0 aliphatic carbocycles. The summed E-state index contributed by atoms with van der Waals surface area (Å²) >= 11 is 0. The number of hydrogen-bond donors (Lipinski definition) is 1. The van der Waals surface area contributed by atoms with E-state index in [2.05, 4.69) is 17.1 Å². The summed E-state index contributed by atoms with van der Waals surface area (Å²) < 4.78 is 5.09. The van der Waals surface area contributed by atoms with Crippen LogP contribution in [0.2, 0.25) is 0 Å². The summed E-state index contributed by atoms with van der Waals surface area (Å²) in [5, 5.41) is 13.8. The minimum Gasteiger partial charge on any atom is -0.388 e. The van der Waals surface area contributed by atoms with Crippen LogP contribution in [0.1, 0.15) is 36.7 Å². The second-order valence-electron chi connectivity index (χ2n) is 3.98. The molecule has 1 atom stereocenters. The smallest absolute Gasteiger partial charge is 0.229 e. The zero-order valence-corrected chi connectivity index (χ0v) is 9.84. The van der Waals surface area contributed by atoms with E-state index in [4.69, 9.17) is 4.52 Å². The van der Waals surface area contributed by atoms with E-state index < -0.39 is 6.10 Å². The molecule has 0 radical (unpaired) electrons. The fourth-order valence-corrected chi connectivity index (χ4v) is 1.66. The van der Waals surface area contributed by atoms with Crippen molar-refractivity contribution >= 4 is 0 Å². The standard InChI is InChI=1S/C13H16N2O2/c1-2-6-12-14-13(17-15-12)9-11(16)10-7-4-3-5-8-10/h3-5,7-8,11,16H,2,6,9H2,1H3. The van der Waals surface area contributed by atoms with Gasteiger partial charge in [0.15, 0.2) is 5.82 Å². The Hall–Kier alpha value is -1.68. The highest BCUT2D eigenvalue weighted by Crippen LogP contribution is 2.16. The van der Waals surface area contributed by atoms with Gasteiger partial charge < -0.3 is 9.63 Å². The van der Waals surface area contributed by atoms with Crippen LogP contribution in [0.15, 0.2) is 34.9 Å². The molecule has 0 amide bonds. The van der Waals surface area contributed by atoms with Crippen molar-refractivity contribution < 1.29 is 9.63 Å². The van der Waals surface area contributed by atoms with Crippen molar-refractivity contribution in [3.8, 4) is 0 Å². The highest BCUT2D eigenvalue weighted by atomic mass is 16.5. The molecule has 0 bridgehead atoms. The van der Waals surface area contributed by atoms with Crippen LogP contribution in [-0.2, 0) is 12.8 Å². The molecular formula is C13H16N2O2. The van der Waals surface area contributed by atoms with Crippen LogP contribution in [0, 0.1) is 0 Å². The lowest BCUT2D eigenvalue weighted by molar-refractivity contribution is 0.164. The zero-order valence-electron chi connectivity index (χ0n) is 9.84. The van der Waals surface area contributed by atoms with Gasteiger partial charge in [-0.05, 0) is 12.0 Å². The van der Waals surface area contributed by atoms with E-state index >= 15 is 0 Å². The quantitative estimate of drug-likeness (QED) is 0.859. The Morgan fingerprint density at radius 3 is 2.76 bits per heavy atom. The van der Waals surface area contributed by atoms with E-state index in [1.165, 1.54) is 0 Å². The molecule has 4 nitrogen and oxygen atoms in total. The monoisotopic (exact) mass is 232 g/mol. The maximum absolute atomic E-state index is 9.99. The average Bonchev–Trinajstić information content (AvgIpc) is 2.78. The summed E-state index contributed by atoms with van der Waals surface area (Å²) in [4.78, 5) is 4.23. The second kappa shape index (κ2) is 5.59. The molecule has 0 spiro atoms. The second-order valence-corrected chi connectivity index (χ2v) is 3.98. The number of aromatic nitrogens is 2. The summed E-state index contributed by atoms with van der Waals surface area (Å²) in [6.45, 7) is 2.06. The molecule has 4 heteroatoms. The van der Waals surface area contributed by atoms with Gasteiger partial charge in [-0.25, -0.2) is 0 Å². The van der Waals surface area contributed by atoms with Crippen LogP contribution < -0.4 is 0 Å². The molecule has 1 aromatic carbocycles. The summed E-state index contributed by atoms with van der Waals surface area (Å²) in [5.41, 5.74) is 0.864. The Balaban J connectivity index is 2.00. The first-order chi connectivity index (χ1) is 8.29. The summed E-state index contributed by atoms with van der Waals surface area (Å²) in [7, 11) is 0. The number of aliphatic hydroxyl groups is 1. The fraction of sp³-hybridized carbons (Fsp3) is 0.385. The van der Waals surface area contributed by atoms with Crippen molar-refractivity contribution in [3.05, 3.63) is 47.6 Å². The largest absolute Gasteiger partial charge is 0.388 e. The highest BCUT2D eigenvalue weighted by molar-refractivity contribution is 5.18. The van der Waals surface area contributed by atoms with Gasteiger partial charge in [0.25, 0.3) is 0 Å². The Kier molecular flexibility index (Phi) is 3.88. The number of hydrogen-bond acceptors (Lipinski definition) is 4. The fourth-order valence-electron chi connectivity index (χ4n) is 1.66. The molecule has 2 rings (SSSR count). The Morgan fingerprint density at radius 1 is 1.29 bits per heavy atom. The van der Waals surface area contributed by atoms with Crippen LogP contribution >= 0.6 is 0 Å². The van der Waals surface area contributed by atoms with Crippen molar-refractivity contribution in [2.24, 2.45) is 0 Å². The van der Waals surface area contributed by atoms with E-state index in [-0.39, 0.29) is 0 Å². The van der Waals surface area contributed by atoms with Gasteiger partial charge in [0.2, 0.25) is 5.89 Å². The van der Waals surface area contributed by atoms with Crippen molar-refractivity contribution in [1.82, 2.24) is 10.1 Å². The number of benzene rings is 1. The van der Waals surface area contributed by atoms with E-state index in [1.807, 2.05) is 30.3 Å². The maximum Gasteiger partial charge on any atom is 0.229 e. The van der Waals surface area contributed by atoms with E-state index in [9.17, 15) is 5.11 Å². The maximum atomic E-state index is 9.99. The molecule has 0 saturated heterocycles. The molecule has 90 valence electrons. The molecule has 0 saturated carbocycles. The normalized spacial score (nSPS) is 12.6. The Labute approximate surface area is 100 Å². The first-order valence-corrected chi connectivity index (χ1v) is 5.84. The molecule has 0 aliphatic heterocycles. The van der Waals surface area contributed by atoms with Gasteiger partial charge in [0, 0.05) is 6.42 Å². The van der Waals surface area contributed by atoms with Gasteiger partial charge in [-0.15, -0.1) is 0 Å². The molecule has 1 N–H and O–H groups in total. The Bertz CT molecular complexity index is 453. The first kappa shape index (κ1) is 11.8. The van der Waals surface area contributed by atoms with Crippen LogP contribution in [0.25, 0.3) is 0 Å². The SMILES string of the molecule is CCCc1noc(CC(O)c2ccccc2)n1. The average molecular weight is 232 g/mol. The van der Waals surface area contributed by atoms with Gasteiger partial charge in [0.1, 0.15) is 0 Å². The van der Waals surface area contributed by atoms with Crippen LogP contribution in [-0.4, -0.2) is 15.2 Å². The lowest BCUT2D eigenvalue weighted by Gasteiger charge is -2.07. The topological polar surface area (TPSA) is 59.2 Å². The molecule has 1 heterocycles. The zero-order chi connectivity index (χ0) is 12.1. The van der Waals surface area contributed by atoms with Crippen molar-refractivity contribution in [2.45, 2.75) is 32.3 Å². The number of aryl methyl sites for hydroxylation is 1. The molecular weight excluding hydrogens is 216 g/mol. The molecule has 0 aliphatic rings. The molecule has 1 aromatic heterocycles. The first-order valence-electron chi connectivity index (χ1n) is 5.84. The number of aliphatic hydroxyl groups excluding tert-OH is 1. The third kappa shape index (κ3) is 3.14. The molecule has 0 fully saturated rings. The van der Waals surface area contributed by atoms with E-state index in [1.54, 1.807) is 0 Å². The van der Waals surface area contributed by atoms with Gasteiger partial charge >= 0.3 is 0 Å². The highest BCUT2D eigenvalue weighted by Gasteiger charge is 2.13. The van der Waals surface area contributed by atoms with Crippen molar-refractivity contribution in [2.75, 3.05) is 0 Å². The van der Waals surface area contributed by atoms with E-state index in [0.717, 1.165) is 18.4 Å². The molecule has 17 heavy (non-hydrogen) atoms. The summed E-state index contributed by atoms with van der Waals surface area (Å²) in [5.74, 6) is 1.20. The predicted octanol–water partition coefficient (Wildman–Crippen LogP) is 2.30. The number of rotatable bonds is 5. The lowest BCUT2D eigenvalue weighted by Crippen LogP contribution is -2.01. The van der Waals surface area contributed by atoms with Gasteiger partial charge in [-0.1, -0.05) is 42.4 Å². The van der Waals surface area contributed by atoms with E-state index in [0.29, 0.717) is 18.1 Å².